The maximum absolute atomic E-state index is 5.96. The van der Waals surface area contributed by atoms with Gasteiger partial charge in [0.15, 0.2) is 0 Å². The Kier molecular flexibility index (Phi) is 3.64. The van der Waals surface area contributed by atoms with E-state index in [9.17, 15) is 0 Å². The van der Waals surface area contributed by atoms with Crippen LogP contribution < -0.4 is 10.5 Å². The summed E-state index contributed by atoms with van der Waals surface area (Å²) in [5, 5.41) is 3.03. The number of aryl methyl sites for hydroxylation is 1. The molecule has 0 radical (unpaired) electrons. The van der Waals surface area contributed by atoms with Crippen molar-refractivity contribution in [2.75, 3.05) is 12.3 Å². The van der Waals surface area contributed by atoms with Gasteiger partial charge in [-0.2, -0.15) is 0 Å². The number of hydrogen-bond acceptors (Lipinski definition) is 4. The minimum Gasteiger partial charge on any atom is -0.491 e. The second-order valence-corrected chi connectivity index (χ2v) is 4.75. The first-order chi connectivity index (χ1) is 8.20. The molecular weight excluding hydrogens is 232 g/mol. The maximum Gasteiger partial charge on any atom is 0.142 e. The SMILES string of the molecule is CCCOc1ccc(-c2nc(C)cs2)cc1N. The summed E-state index contributed by atoms with van der Waals surface area (Å²) >= 11 is 1.63. The summed E-state index contributed by atoms with van der Waals surface area (Å²) < 4.78 is 5.54. The number of anilines is 1. The Morgan fingerprint density at radius 1 is 1.41 bits per heavy atom. The predicted octanol–water partition coefficient (Wildman–Crippen LogP) is 3.49. The Labute approximate surface area is 105 Å². The van der Waals surface area contributed by atoms with Crippen LogP contribution in [0.4, 0.5) is 5.69 Å². The largest absolute Gasteiger partial charge is 0.491 e. The minimum absolute atomic E-state index is 0.670. The van der Waals surface area contributed by atoms with E-state index >= 15 is 0 Å². The molecule has 0 amide bonds. The summed E-state index contributed by atoms with van der Waals surface area (Å²) in [4.78, 5) is 4.44. The number of benzene rings is 1. The molecule has 0 aliphatic rings. The van der Waals surface area contributed by atoms with Crippen molar-refractivity contribution in [3.05, 3.63) is 29.3 Å². The highest BCUT2D eigenvalue weighted by Crippen LogP contribution is 2.30. The first-order valence-electron chi connectivity index (χ1n) is 5.65. The van der Waals surface area contributed by atoms with Crippen molar-refractivity contribution >= 4 is 17.0 Å². The lowest BCUT2D eigenvalue weighted by Crippen LogP contribution is -1.99. The molecule has 0 fully saturated rings. The summed E-state index contributed by atoms with van der Waals surface area (Å²) in [7, 11) is 0. The Morgan fingerprint density at radius 2 is 2.24 bits per heavy atom. The second kappa shape index (κ2) is 5.19. The number of rotatable bonds is 4. The Morgan fingerprint density at radius 3 is 2.82 bits per heavy atom. The van der Waals surface area contributed by atoms with Gasteiger partial charge < -0.3 is 10.5 Å². The molecule has 0 unspecified atom stereocenters. The number of hydrogen-bond donors (Lipinski definition) is 1. The number of nitrogens with two attached hydrogens (primary N) is 1. The van der Waals surface area contributed by atoms with Gasteiger partial charge in [0.25, 0.3) is 0 Å². The number of aromatic nitrogens is 1. The first-order valence-corrected chi connectivity index (χ1v) is 6.53. The van der Waals surface area contributed by atoms with E-state index in [0.29, 0.717) is 12.3 Å². The topological polar surface area (TPSA) is 48.1 Å². The zero-order chi connectivity index (χ0) is 12.3. The van der Waals surface area contributed by atoms with Crippen molar-refractivity contribution in [3.8, 4) is 16.3 Å². The molecule has 0 atom stereocenters. The smallest absolute Gasteiger partial charge is 0.142 e. The van der Waals surface area contributed by atoms with Crippen molar-refractivity contribution in [1.29, 1.82) is 0 Å². The van der Waals surface area contributed by atoms with Crippen LogP contribution in [0.3, 0.4) is 0 Å². The van der Waals surface area contributed by atoms with E-state index < -0.39 is 0 Å². The van der Waals surface area contributed by atoms with E-state index in [1.165, 1.54) is 0 Å². The zero-order valence-electron chi connectivity index (χ0n) is 10.1. The van der Waals surface area contributed by atoms with E-state index in [2.05, 4.69) is 11.9 Å². The van der Waals surface area contributed by atoms with Gasteiger partial charge in [0.2, 0.25) is 0 Å². The summed E-state index contributed by atoms with van der Waals surface area (Å²) in [5.74, 6) is 0.754. The van der Waals surface area contributed by atoms with Crippen LogP contribution in [-0.4, -0.2) is 11.6 Å². The Hall–Kier alpha value is -1.55. The first kappa shape index (κ1) is 11.9. The van der Waals surface area contributed by atoms with Crippen molar-refractivity contribution in [2.45, 2.75) is 20.3 Å². The molecule has 0 saturated carbocycles. The summed E-state index contributed by atoms with van der Waals surface area (Å²) in [6, 6.07) is 5.83. The van der Waals surface area contributed by atoms with Gasteiger partial charge in [-0.15, -0.1) is 11.3 Å². The molecule has 4 heteroatoms. The highest BCUT2D eigenvalue weighted by Gasteiger charge is 2.06. The van der Waals surface area contributed by atoms with Crippen LogP contribution in [0.2, 0.25) is 0 Å². The number of nitrogens with zero attached hydrogens (tertiary/aromatic N) is 1. The van der Waals surface area contributed by atoms with Gasteiger partial charge in [-0.3, -0.25) is 0 Å². The van der Waals surface area contributed by atoms with E-state index in [1.54, 1.807) is 11.3 Å². The fourth-order valence-electron chi connectivity index (χ4n) is 1.51. The van der Waals surface area contributed by atoms with Crippen LogP contribution in [0.25, 0.3) is 10.6 Å². The normalized spacial score (nSPS) is 10.5. The van der Waals surface area contributed by atoms with E-state index in [0.717, 1.165) is 28.4 Å². The lowest BCUT2D eigenvalue weighted by atomic mass is 10.2. The number of nitrogen functional groups attached to an aromatic ring is 1. The third-order valence-electron chi connectivity index (χ3n) is 2.34. The van der Waals surface area contributed by atoms with Crippen LogP contribution in [0.1, 0.15) is 19.0 Å². The fraction of sp³-hybridized carbons (Fsp3) is 0.308. The molecule has 0 aliphatic carbocycles. The second-order valence-electron chi connectivity index (χ2n) is 3.90. The Bertz CT molecular complexity index is 508. The number of ether oxygens (including phenoxy) is 1. The van der Waals surface area contributed by atoms with Crippen LogP contribution in [0.5, 0.6) is 5.75 Å². The highest BCUT2D eigenvalue weighted by atomic mass is 32.1. The average Bonchev–Trinajstić information content (AvgIpc) is 2.74. The van der Waals surface area contributed by atoms with Gasteiger partial charge in [-0.05, 0) is 31.5 Å². The molecule has 1 aromatic carbocycles. The quantitative estimate of drug-likeness (QED) is 0.842. The lowest BCUT2D eigenvalue weighted by Gasteiger charge is -2.08. The van der Waals surface area contributed by atoms with Gasteiger partial charge in [0.1, 0.15) is 10.8 Å². The molecule has 0 bridgehead atoms. The summed E-state index contributed by atoms with van der Waals surface area (Å²) in [6.07, 6.45) is 0.979. The lowest BCUT2D eigenvalue weighted by molar-refractivity contribution is 0.319. The van der Waals surface area contributed by atoms with Crippen LogP contribution in [0, 0.1) is 6.92 Å². The van der Waals surface area contributed by atoms with Gasteiger partial charge in [-0.25, -0.2) is 4.98 Å². The molecule has 90 valence electrons. The molecular formula is C13H16N2OS. The summed E-state index contributed by atoms with van der Waals surface area (Å²) in [5.41, 5.74) is 8.71. The molecule has 3 nitrogen and oxygen atoms in total. The van der Waals surface area contributed by atoms with Crippen LogP contribution >= 0.6 is 11.3 Å². The van der Waals surface area contributed by atoms with Gasteiger partial charge in [0.05, 0.1) is 12.3 Å². The third kappa shape index (κ3) is 2.77. The van der Waals surface area contributed by atoms with Crippen LogP contribution in [-0.2, 0) is 0 Å². The highest BCUT2D eigenvalue weighted by molar-refractivity contribution is 7.13. The molecule has 2 N–H and O–H groups in total. The minimum atomic E-state index is 0.670. The molecule has 1 aromatic heterocycles. The van der Waals surface area contributed by atoms with Gasteiger partial charge >= 0.3 is 0 Å². The van der Waals surface area contributed by atoms with Crippen molar-refractivity contribution in [2.24, 2.45) is 0 Å². The van der Waals surface area contributed by atoms with E-state index in [-0.39, 0.29) is 0 Å². The zero-order valence-corrected chi connectivity index (χ0v) is 10.9. The standard InChI is InChI=1S/C13H16N2OS/c1-3-6-16-12-5-4-10(7-11(12)14)13-15-9(2)8-17-13/h4-5,7-8H,3,6,14H2,1-2H3. The molecule has 0 aliphatic heterocycles. The maximum atomic E-state index is 5.96. The Balaban J connectivity index is 2.24. The molecule has 0 saturated heterocycles. The molecule has 2 rings (SSSR count). The van der Waals surface area contributed by atoms with Crippen molar-refractivity contribution in [1.82, 2.24) is 4.98 Å². The number of thiazole rings is 1. The summed E-state index contributed by atoms with van der Waals surface area (Å²) in [6.45, 7) is 4.75. The van der Waals surface area contributed by atoms with Gasteiger partial charge in [-0.1, -0.05) is 6.92 Å². The fourth-order valence-corrected chi connectivity index (χ4v) is 2.31. The third-order valence-corrected chi connectivity index (χ3v) is 3.35. The predicted molar refractivity (Wildman–Crippen MR) is 72.5 cm³/mol. The van der Waals surface area contributed by atoms with Gasteiger partial charge in [0, 0.05) is 16.6 Å². The van der Waals surface area contributed by atoms with Crippen LogP contribution in [0.15, 0.2) is 23.6 Å². The van der Waals surface area contributed by atoms with Crippen molar-refractivity contribution in [3.63, 3.8) is 0 Å². The molecule has 1 heterocycles. The van der Waals surface area contributed by atoms with E-state index in [4.69, 9.17) is 10.5 Å². The monoisotopic (exact) mass is 248 g/mol. The molecule has 17 heavy (non-hydrogen) atoms. The average molecular weight is 248 g/mol. The molecule has 2 aromatic rings. The van der Waals surface area contributed by atoms with E-state index in [1.807, 2.05) is 30.5 Å². The molecule has 0 spiro atoms. The van der Waals surface area contributed by atoms with Crippen molar-refractivity contribution < 1.29 is 4.74 Å².